The minimum atomic E-state index is -1.34. The van der Waals surface area contributed by atoms with Gasteiger partial charge in [0.15, 0.2) is 0 Å². The highest BCUT2D eigenvalue weighted by atomic mass is 19.1. The van der Waals surface area contributed by atoms with Gasteiger partial charge in [-0.15, -0.1) is 0 Å². The highest BCUT2D eigenvalue weighted by molar-refractivity contribution is 5.90. The lowest BCUT2D eigenvalue weighted by Gasteiger charge is -2.06. The fourth-order valence-electron chi connectivity index (χ4n) is 1.75. The summed E-state index contributed by atoms with van der Waals surface area (Å²) in [6, 6.07) is 6.03. The number of halogens is 2. The van der Waals surface area contributed by atoms with Gasteiger partial charge >= 0.3 is 11.9 Å². The molecule has 0 bridgehead atoms. The quantitative estimate of drug-likeness (QED) is 0.905. The first-order chi connectivity index (χ1) is 9.38. The van der Waals surface area contributed by atoms with Crippen molar-refractivity contribution >= 4 is 11.9 Å². The SMILES string of the molecule is O=C(O)c1cc(F)cc(-c2ccc(C(=O)O)cc2F)c1. The summed E-state index contributed by atoms with van der Waals surface area (Å²) in [5.41, 5.74) is -0.614. The molecular weight excluding hydrogens is 270 g/mol. The molecule has 4 nitrogen and oxygen atoms in total. The fraction of sp³-hybridized carbons (Fsp3) is 0. The third-order valence-corrected chi connectivity index (χ3v) is 2.67. The molecule has 0 saturated carbocycles. The Hall–Kier alpha value is -2.76. The van der Waals surface area contributed by atoms with Gasteiger partial charge in [-0.1, -0.05) is 6.07 Å². The van der Waals surface area contributed by atoms with Gasteiger partial charge in [0.25, 0.3) is 0 Å². The first-order valence-corrected chi connectivity index (χ1v) is 5.45. The van der Waals surface area contributed by atoms with Gasteiger partial charge < -0.3 is 10.2 Å². The Bertz CT molecular complexity index is 710. The topological polar surface area (TPSA) is 74.6 Å². The van der Waals surface area contributed by atoms with Crippen LogP contribution in [0.1, 0.15) is 20.7 Å². The number of hydrogen-bond donors (Lipinski definition) is 2. The van der Waals surface area contributed by atoms with Crippen molar-refractivity contribution in [1.82, 2.24) is 0 Å². The van der Waals surface area contributed by atoms with Crippen molar-refractivity contribution < 1.29 is 28.6 Å². The maximum Gasteiger partial charge on any atom is 0.335 e. The van der Waals surface area contributed by atoms with E-state index in [9.17, 15) is 18.4 Å². The molecule has 0 aliphatic heterocycles. The lowest BCUT2D eigenvalue weighted by atomic mass is 10.0. The Morgan fingerprint density at radius 2 is 1.50 bits per heavy atom. The molecular formula is C14H8F2O4. The van der Waals surface area contributed by atoms with Crippen LogP contribution in [0.15, 0.2) is 36.4 Å². The largest absolute Gasteiger partial charge is 0.478 e. The zero-order valence-electron chi connectivity index (χ0n) is 9.93. The summed E-state index contributed by atoms with van der Waals surface area (Å²) in [6.07, 6.45) is 0. The van der Waals surface area contributed by atoms with Gasteiger partial charge in [-0.2, -0.15) is 0 Å². The van der Waals surface area contributed by atoms with Gasteiger partial charge in [0.1, 0.15) is 11.6 Å². The van der Waals surface area contributed by atoms with Crippen LogP contribution in [0, 0.1) is 11.6 Å². The molecule has 0 atom stereocenters. The third kappa shape index (κ3) is 2.64. The number of hydrogen-bond acceptors (Lipinski definition) is 2. The molecule has 2 rings (SSSR count). The van der Waals surface area contributed by atoms with Crippen LogP contribution >= 0.6 is 0 Å². The van der Waals surface area contributed by atoms with E-state index in [2.05, 4.69) is 0 Å². The van der Waals surface area contributed by atoms with Crippen LogP contribution in [0.5, 0.6) is 0 Å². The molecule has 0 unspecified atom stereocenters. The van der Waals surface area contributed by atoms with E-state index >= 15 is 0 Å². The number of benzene rings is 2. The van der Waals surface area contributed by atoms with Crippen LogP contribution in [0.2, 0.25) is 0 Å². The van der Waals surface area contributed by atoms with Crippen LogP contribution in [0.25, 0.3) is 11.1 Å². The van der Waals surface area contributed by atoms with Crippen molar-refractivity contribution in [2.24, 2.45) is 0 Å². The van der Waals surface area contributed by atoms with E-state index < -0.39 is 23.6 Å². The summed E-state index contributed by atoms with van der Waals surface area (Å²) in [7, 11) is 0. The molecule has 2 aromatic carbocycles. The molecule has 2 aromatic rings. The number of rotatable bonds is 3. The van der Waals surface area contributed by atoms with Crippen molar-refractivity contribution in [3.8, 4) is 11.1 Å². The maximum absolute atomic E-state index is 13.8. The molecule has 102 valence electrons. The summed E-state index contributed by atoms with van der Waals surface area (Å²) in [5, 5.41) is 17.6. The summed E-state index contributed by atoms with van der Waals surface area (Å²) >= 11 is 0. The standard InChI is InChI=1S/C14H8F2O4/c15-10-4-8(3-9(5-10)14(19)20)11-2-1-7(13(17)18)6-12(11)16/h1-6H,(H,17,18)(H,19,20). The van der Waals surface area contributed by atoms with Gasteiger partial charge in [0.2, 0.25) is 0 Å². The zero-order valence-corrected chi connectivity index (χ0v) is 9.93. The number of carboxylic acids is 2. The molecule has 6 heteroatoms. The highest BCUT2D eigenvalue weighted by Crippen LogP contribution is 2.26. The zero-order chi connectivity index (χ0) is 14.9. The van der Waals surface area contributed by atoms with Crippen molar-refractivity contribution in [2.45, 2.75) is 0 Å². The average Bonchev–Trinajstić information content (AvgIpc) is 2.37. The first-order valence-electron chi connectivity index (χ1n) is 5.45. The van der Waals surface area contributed by atoms with Crippen molar-refractivity contribution in [3.05, 3.63) is 59.2 Å². The second-order valence-electron chi connectivity index (χ2n) is 4.03. The smallest absolute Gasteiger partial charge is 0.335 e. The molecule has 20 heavy (non-hydrogen) atoms. The predicted molar refractivity (Wildman–Crippen MR) is 65.7 cm³/mol. The van der Waals surface area contributed by atoms with E-state index in [0.717, 1.165) is 30.3 Å². The van der Waals surface area contributed by atoms with Crippen molar-refractivity contribution in [2.75, 3.05) is 0 Å². The molecule has 0 amide bonds. The van der Waals surface area contributed by atoms with Crippen LogP contribution in [0.4, 0.5) is 8.78 Å². The van der Waals surface area contributed by atoms with E-state index in [4.69, 9.17) is 10.2 Å². The normalized spacial score (nSPS) is 10.3. The Labute approximate surface area is 111 Å². The number of carbonyl (C=O) groups is 2. The van der Waals surface area contributed by atoms with Gasteiger partial charge in [0.05, 0.1) is 11.1 Å². The van der Waals surface area contributed by atoms with Gasteiger partial charge in [-0.05, 0) is 35.9 Å². The fourth-order valence-corrected chi connectivity index (χ4v) is 1.75. The number of aromatic carboxylic acids is 2. The van der Waals surface area contributed by atoms with Gasteiger partial charge in [-0.3, -0.25) is 0 Å². The summed E-state index contributed by atoms with van der Waals surface area (Å²) in [4.78, 5) is 21.5. The second-order valence-corrected chi connectivity index (χ2v) is 4.03. The van der Waals surface area contributed by atoms with Crippen LogP contribution in [0.3, 0.4) is 0 Å². The molecule has 0 aliphatic rings. The Morgan fingerprint density at radius 3 is 2.05 bits per heavy atom. The van der Waals surface area contributed by atoms with Crippen LogP contribution in [-0.2, 0) is 0 Å². The summed E-state index contributed by atoms with van der Waals surface area (Å²) in [5.74, 6) is -4.32. The molecule has 0 aliphatic carbocycles. The monoisotopic (exact) mass is 278 g/mol. The number of carboxylic acid groups (broad SMARTS) is 2. The van der Waals surface area contributed by atoms with Crippen LogP contribution < -0.4 is 0 Å². The Kier molecular flexibility index (Phi) is 3.47. The highest BCUT2D eigenvalue weighted by Gasteiger charge is 2.13. The van der Waals surface area contributed by atoms with Crippen molar-refractivity contribution in [3.63, 3.8) is 0 Å². The molecule has 0 spiro atoms. The Morgan fingerprint density at radius 1 is 0.850 bits per heavy atom. The maximum atomic E-state index is 13.8. The van der Waals surface area contributed by atoms with E-state index in [1.807, 2.05) is 0 Å². The predicted octanol–water partition coefficient (Wildman–Crippen LogP) is 3.03. The molecule has 0 fully saturated rings. The minimum absolute atomic E-state index is 0.0249. The first kappa shape index (κ1) is 13.7. The Balaban J connectivity index is 2.57. The second kappa shape index (κ2) is 5.08. The lowest BCUT2D eigenvalue weighted by Crippen LogP contribution is -2.00. The van der Waals surface area contributed by atoms with Crippen LogP contribution in [-0.4, -0.2) is 22.2 Å². The van der Waals surface area contributed by atoms with E-state index in [1.54, 1.807) is 0 Å². The molecule has 0 aromatic heterocycles. The van der Waals surface area contributed by atoms with Crippen molar-refractivity contribution in [1.29, 1.82) is 0 Å². The molecule has 0 saturated heterocycles. The average molecular weight is 278 g/mol. The molecule has 0 radical (unpaired) electrons. The van der Waals surface area contributed by atoms with E-state index in [0.29, 0.717) is 0 Å². The van der Waals surface area contributed by atoms with Gasteiger partial charge in [-0.25, -0.2) is 18.4 Å². The van der Waals surface area contributed by atoms with Gasteiger partial charge in [0, 0.05) is 5.56 Å². The van der Waals surface area contributed by atoms with E-state index in [-0.39, 0.29) is 22.3 Å². The minimum Gasteiger partial charge on any atom is -0.478 e. The molecule has 0 heterocycles. The molecule has 2 N–H and O–H groups in total. The summed E-state index contributed by atoms with van der Waals surface area (Å²) in [6.45, 7) is 0. The third-order valence-electron chi connectivity index (χ3n) is 2.67. The van der Waals surface area contributed by atoms with E-state index in [1.165, 1.54) is 6.07 Å². The summed E-state index contributed by atoms with van der Waals surface area (Å²) < 4.78 is 27.2. The lowest BCUT2D eigenvalue weighted by molar-refractivity contribution is 0.0686.